The van der Waals surface area contributed by atoms with Gasteiger partial charge in [0.2, 0.25) is 5.75 Å². The molecule has 2 aliphatic carbocycles. The Labute approximate surface area is 280 Å². The predicted octanol–water partition coefficient (Wildman–Crippen LogP) is 6.20. The molecule has 7 rings (SSSR count). The molecule has 0 spiro atoms. The Morgan fingerprint density at radius 1 is 1.04 bits per heavy atom. The zero-order valence-electron chi connectivity index (χ0n) is 27.0. The quantitative estimate of drug-likeness (QED) is 0.124. The number of carbonyl (C=O) groups is 1. The van der Waals surface area contributed by atoms with E-state index in [2.05, 4.69) is 29.0 Å². The Morgan fingerprint density at radius 2 is 1.92 bits per heavy atom. The molecule has 1 saturated heterocycles. The van der Waals surface area contributed by atoms with Crippen LogP contribution < -0.4 is 9.47 Å². The number of rotatable bonds is 6. The van der Waals surface area contributed by atoms with Gasteiger partial charge in [0.05, 0.1) is 24.7 Å². The lowest BCUT2D eigenvalue weighted by Crippen LogP contribution is -2.49. The summed E-state index contributed by atoms with van der Waals surface area (Å²) in [6, 6.07) is 12.5. The normalized spacial score (nSPS) is 28.9. The van der Waals surface area contributed by atoms with E-state index in [1.165, 1.54) is 13.0 Å². The van der Waals surface area contributed by atoms with Crippen molar-refractivity contribution in [1.82, 2.24) is 4.98 Å². The number of nitrogens with zero attached hydrogens (tertiary/aromatic N) is 1. The van der Waals surface area contributed by atoms with Crippen LogP contribution in [0.25, 0.3) is 0 Å². The number of phenolic OH excluding ortho intramolecular Hbond substituents is 3. The number of aromatic nitrogens is 1. The first-order valence-corrected chi connectivity index (χ1v) is 16.9. The Morgan fingerprint density at radius 3 is 2.75 bits per heavy atom. The average Bonchev–Trinajstić information content (AvgIpc) is 3.10. The lowest BCUT2D eigenvalue weighted by Gasteiger charge is -2.47. The third-order valence-corrected chi connectivity index (χ3v) is 10.0. The van der Waals surface area contributed by atoms with Crippen molar-refractivity contribution < 1.29 is 39.1 Å². The first kappa shape index (κ1) is 31.9. The second-order valence-electron chi connectivity index (χ2n) is 13.3. The van der Waals surface area contributed by atoms with Crippen LogP contribution in [-0.2, 0) is 27.1 Å². The van der Waals surface area contributed by atoms with Crippen molar-refractivity contribution in [2.24, 2.45) is 23.7 Å². The molecule has 8 unspecified atom stereocenters. The van der Waals surface area contributed by atoms with Crippen molar-refractivity contribution in [3.8, 4) is 40.6 Å². The lowest BCUT2D eigenvalue weighted by atomic mass is 9.70. The van der Waals surface area contributed by atoms with E-state index < -0.39 is 12.2 Å². The van der Waals surface area contributed by atoms with Crippen LogP contribution in [0.3, 0.4) is 0 Å². The van der Waals surface area contributed by atoms with Crippen molar-refractivity contribution in [1.29, 1.82) is 0 Å². The highest BCUT2D eigenvalue weighted by Gasteiger charge is 2.47. The molecule has 1 saturated carbocycles. The predicted molar refractivity (Wildman–Crippen MR) is 177 cm³/mol. The monoisotopic (exact) mass is 651 g/mol. The molecule has 4 aliphatic rings. The summed E-state index contributed by atoms with van der Waals surface area (Å²) in [4.78, 5) is 16.5. The zero-order valence-corrected chi connectivity index (χ0v) is 27.0. The summed E-state index contributed by atoms with van der Waals surface area (Å²) in [6.07, 6.45) is 11.7. The van der Waals surface area contributed by atoms with Crippen LogP contribution in [-0.4, -0.2) is 51.2 Å². The molecule has 2 bridgehead atoms. The van der Waals surface area contributed by atoms with Gasteiger partial charge >= 0.3 is 5.97 Å². The summed E-state index contributed by atoms with van der Waals surface area (Å²) in [6.45, 7) is 1.67. The van der Waals surface area contributed by atoms with E-state index >= 15 is 0 Å². The molecule has 9 heteroatoms. The van der Waals surface area contributed by atoms with Gasteiger partial charge in [0.1, 0.15) is 12.2 Å². The fourth-order valence-corrected chi connectivity index (χ4v) is 7.64. The van der Waals surface area contributed by atoms with Crippen molar-refractivity contribution >= 4 is 5.97 Å². The molecular weight excluding hydrogens is 610 g/mol. The molecule has 3 N–H and O–H groups in total. The van der Waals surface area contributed by atoms with Crippen LogP contribution in [0.2, 0.25) is 0 Å². The number of phenols is 3. The van der Waals surface area contributed by atoms with Crippen molar-refractivity contribution in [2.45, 2.75) is 76.3 Å². The van der Waals surface area contributed by atoms with E-state index in [1.54, 1.807) is 24.5 Å². The number of ether oxygens (including phenoxy) is 4. The Balaban J connectivity index is 1.21. The van der Waals surface area contributed by atoms with Gasteiger partial charge < -0.3 is 34.3 Å². The fourth-order valence-electron chi connectivity index (χ4n) is 7.64. The van der Waals surface area contributed by atoms with E-state index in [0.717, 1.165) is 36.8 Å². The molecule has 0 amide bonds. The summed E-state index contributed by atoms with van der Waals surface area (Å²) in [5, 5.41) is 32.1. The largest absolute Gasteiger partial charge is 0.504 e. The minimum absolute atomic E-state index is 0.0528. The zero-order chi connectivity index (χ0) is 33.2. The SMILES string of the molecule is CC(=O)OC1CC(c2cc(O)c(O)c(OCCc3cccnc3)c2)OC2C1C=CC1C#CC3CCCCC3Oc3cc(ccc3O)CC12. The first-order valence-electron chi connectivity index (χ1n) is 16.9. The maximum absolute atomic E-state index is 12.4. The number of benzene rings is 2. The number of hydrogen-bond donors (Lipinski definition) is 3. The standard InChI is InChI=1S/C39H41NO8/c1-23(41)46-35-21-34(28-19-32(43)38(44)37(20-28)45-16-14-24-5-4-15-40-22-24)48-39-29(35)12-11-26-9-10-27-6-2-3-7-33(27)47-36-18-25(17-30(26)39)8-13-31(36)42/h4-5,8,11-13,15,18-20,22,26-27,29-30,33-35,39,42-44H,2-3,6-7,14,16-17,21H2,1H3. The molecule has 8 atom stereocenters. The van der Waals surface area contributed by atoms with Gasteiger partial charge in [0, 0.05) is 49.9 Å². The topological polar surface area (TPSA) is 128 Å². The number of fused-ring (bicyclic) bond motifs is 6. The molecule has 2 fully saturated rings. The molecular formula is C39H41NO8. The minimum Gasteiger partial charge on any atom is -0.504 e. The van der Waals surface area contributed by atoms with Gasteiger partial charge in [0.15, 0.2) is 23.0 Å². The minimum atomic E-state index is -0.567. The van der Waals surface area contributed by atoms with Gasteiger partial charge in [-0.15, -0.1) is 0 Å². The van der Waals surface area contributed by atoms with Crippen molar-refractivity contribution in [2.75, 3.05) is 6.61 Å². The summed E-state index contributed by atoms with van der Waals surface area (Å²) in [5.74, 6) is 6.43. The van der Waals surface area contributed by atoms with Crippen LogP contribution in [0.15, 0.2) is 67.0 Å². The first-order chi connectivity index (χ1) is 23.3. The number of esters is 1. The Hall–Kier alpha value is -4.68. The third kappa shape index (κ3) is 6.81. The Bertz CT molecular complexity index is 1730. The molecule has 9 nitrogen and oxygen atoms in total. The van der Waals surface area contributed by atoms with E-state index in [1.807, 2.05) is 24.3 Å². The van der Waals surface area contributed by atoms with E-state index in [4.69, 9.17) is 18.9 Å². The van der Waals surface area contributed by atoms with Crippen molar-refractivity contribution in [3.05, 3.63) is 83.7 Å². The van der Waals surface area contributed by atoms with Gasteiger partial charge in [-0.25, -0.2) is 0 Å². The molecule has 2 aliphatic heterocycles. The highest BCUT2D eigenvalue weighted by Crippen LogP contribution is 2.48. The van der Waals surface area contributed by atoms with Crippen LogP contribution in [0.4, 0.5) is 0 Å². The highest BCUT2D eigenvalue weighted by atomic mass is 16.6. The lowest BCUT2D eigenvalue weighted by molar-refractivity contribution is -0.179. The maximum Gasteiger partial charge on any atom is 0.302 e. The molecule has 3 aromatic rings. The van der Waals surface area contributed by atoms with Gasteiger partial charge in [-0.3, -0.25) is 9.78 Å². The number of hydrogen-bond acceptors (Lipinski definition) is 9. The number of pyridine rings is 1. The second kappa shape index (κ2) is 13.8. The van der Waals surface area contributed by atoms with Gasteiger partial charge in [-0.05, 0) is 72.7 Å². The van der Waals surface area contributed by atoms with E-state index in [0.29, 0.717) is 30.6 Å². The molecule has 48 heavy (non-hydrogen) atoms. The fraction of sp³-hybridized carbons (Fsp3) is 0.436. The summed E-state index contributed by atoms with van der Waals surface area (Å²) in [5.41, 5.74) is 2.58. The molecule has 2 aromatic carbocycles. The van der Waals surface area contributed by atoms with Crippen LogP contribution in [0, 0.1) is 35.5 Å². The smallest absolute Gasteiger partial charge is 0.302 e. The maximum atomic E-state index is 12.4. The third-order valence-electron chi connectivity index (χ3n) is 10.0. The van der Waals surface area contributed by atoms with Gasteiger partial charge in [-0.2, -0.15) is 0 Å². The number of carbonyl (C=O) groups excluding carboxylic acids is 1. The number of allylic oxidation sites excluding steroid dienone is 1. The van der Waals surface area contributed by atoms with Crippen molar-refractivity contribution in [3.63, 3.8) is 0 Å². The van der Waals surface area contributed by atoms with Crippen LogP contribution in [0.1, 0.15) is 61.8 Å². The highest BCUT2D eigenvalue weighted by molar-refractivity contribution is 5.66. The molecule has 0 radical (unpaired) electrons. The summed E-state index contributed by atoms with van der Waals surface area (Å²) in [7, 11) is 0. The Kier molecular flexibility index (Phi) is 9.18. The average molecular weight is 652 g/mol. The number of aromatic hydroxyl groups is 3. The van der Waals surface area contributed by atoms with Crippen LogP contribution in [0.5, 0.6) is 28.7 Å². The second-order valence-corrected chi connectivity index (χ2v) is 13.3. The van der Waals surface area contributed by atoms with E-state index in [-0.39, 0.29) is 71.5 Å². The van der Waals surface area contributed by atoms with Crippen LogP contribution >= 0.6 is 0 Å². The molecule has 250 valence electrons. The summed E-state index contributed by atoms with van der Waals surface area (Å²) < 4.78 is 25.2. The van der Waals surface area contributed by atoms with E-state index in [9.17, 15) is 20.1 Å². The molecule has 1 aromatic heterocycles. The summed E-state index contributed by atoms with van der Waals surface area (Å²) >= 11 is 0. The molecule has 3 heterocycles. The van der Waals surface area contributed by atoms with Gasteiger partial charge in [-0.1, -0.05) is 42.5 Å². The van der Waals surface area contributed by atoms with Gasteiger partial charge in [0.25, 0.3) is 0 Å².